The molecular formula is C40H58IN7O13. The van der Waals surface area contributed by atoms with Crippen molar-refractivity contribution in [2.45, 2.75) is 58.2 Å². The number of carboxylic acids is 1. The standard InChI is InChI=1S/C40H58IN7O13/c1-26(47-39(56)61-40(2,3)4)21-33(49)43-9-13-57-17-19-59-15-11-45-35(51)28-22-29(24-31(23-28)48-37(53)27-5-7-30(41)8-6-27)36(52)46-12-16-60-20-18-58-14-10-44-34(50)25-32(42)38(54)55/h5-8,22-24,26,32H,9-21,25,42H2,1-4H3,(H,43,49)(H,44,50)(H,45,51)(H,46,52)(H,47,56)(H,48,53)(H,54,55)/t26-,32+/m1/s1. The second-order valence-electron chi connectivity index (χ2n) is 14.3. The largest absolute Gasteiger partial charge is 0.480 e. The Morgan fingerprint density at radius 1 is 0.639 bits per heavy atom. The lowest BCUT2D eigenvalue weighted by Gasteiger charge is -2.21. The zero-order chi connectivity index (χ0) is 45.2. The van der Waals surface area contributed by atoms with E-state index in [9.17, 15) is 33.6 Å². The molecule has 20 nitrogen and oxygen atoms in total. The number of benzene rings is 2. The Morgan fingerprint density at radius 2 is 1.08 bits per heavy atom. The van der Waals surface area contributed by atoms with Crippen molar-refractivity contribution < 1.29 is 62.4 Å². The Balaban J connectivity index is 1.75. The molecule has 0 aliphatic carbocycles. The summed E-state index contributed by atoms with van der Waals surface area (Å²) < 4.78 is 28.0. The number of halogens is 1. The van der Waals surface area contributed by atoms with Gasteiger partial charge in [-0.3, -0.25) is 28.8 Å². The molecular weight excluding hydrogens is 913 g/mol. The number of carbonyl (C=O) groups excluding carboxylic acids is 6. The maximum Gasteiger partial charge on any atom is 0.407 e. The molecule has 338 valence electrons. The first kappa shape index (κ1) is 52.2. The molecule has 21 heteroatoms. The zero-order valence-corrected chi connectivity index (χ0v) is 37.1. The number of amides is 6. The molecule has 0 bridgehead atoms. The lowest BCUT2D eigenvalue weighted by Crippen LogP contribution is -2.40. The molecule has 0 radical (unpaired) electrons. The number of hydrogen-bond donors (Lipinski definition) is 8. The number of rotatable bonds is 28. The smallest absolute Gasteiger partial charge is 0.407 e. The summed E-state index contributed by atoms with van der Waals surface area (Å²) in [6, 6.07) is 9.51. The minimum atomic E-state index is -1.28. The molecule has 2 aromatic rings. The van der Waals surface area contributed by atoms with Crippen LogP contribution in [0.5, 0.6) is 0 Å². The highest BCUT2D eigenvalue weighted by Gasteiger charge is 2.20. The van der Waals surface area contributed by atoms with Crippen LogP contribution in [0.25, 0.3) is 0 Å². The first-order valence-corrected chi connectivity index (χ1v) is 20.6. The van der Waals surface area contributed by atoms with Crippen LogP contribution in [0.3, 0.4) is 0 Å². The molecule has 0 heterocycles. The van der Waals surface area contributed by atoms with Gasteiger partial charge in [0, 0.05) is 64.6 Å². The topological polar surface area (TPSA) is 284 Å². The predicted molar refractivity (Wildman–Crippen MR) is 231 cm³/mol. The summed E-state index contributed by atoms with van der Waals surface area (Å²) in [6.45, 7) is 9.27. The van der Waals surface area contributed by atoms with E-state index in [0.717, 1.165) is 3.57 Å². The van der Waals surface area contributed by atoms with Crippen molar-refractivity contribution in [3.63, 3.8) is 0 Å². The quantitative estimate of drug-likeness (QED) is 0.0443. The zero-order valence-electron chi connectivity index (χ0n) is 34.9. The van der Waals surface area contributed by atoms with Gasteiger partial charge in [-0.05, 0) is 92.8 Å². The van der Waals surface area contributed by atoms with Crippen molar-refractivity contribution in [2.75, 3.05) is 84.4 Å². The number of carbonyl (C=O) groups is 7. The number of anilines is 1. The molecule has 0 spiro atoms. The summed E-state index contributed by atoms with van der Waals surface area (Å²) in [7, 11) is 0. The molecule has 0 aliphatic heterocycles. The summed E-state index contributed by atoms with van der Waals surface area (Å²) in [5.41, 5.74) is 5.55. The molecule has 0 saturated carbocycles. The maximum absolute atomic E-state index is 13.2. The Bertz CT molecular complexity index is 1740. The summed E-state index contributed by atoms with van der Waals surface area (Å²) in [5.74, 6) is -3.46. The SMILES string of the molecule is C[C@H](CC(=O)NCCOCCOCCNC(=O)c1cc(NC(=O)c2ccc(I)cc2)cc(C(=O)NCCOCCOCCNC(=O)C[C@H](N)C(=O)O)c1)NC(=O)OC(C)(C)C. The average Bonchev–Trinajstić information content (AvgIpc) is 3.18. The fraction of sp³-hybridized carbons (Fsp3) is 0.525. The van der Waals surface area contributed by atoms with Gasteiger partial charge in [-0.25, -0.2) is 4.79 Å². The predicted octanol–water partition coefficient (Wildman–Crippen LogP) is 1.41. The summed E-state index contributed by atoms with van der Waals surface area (Å²) >= 11 is 2.13. The van der Waals surface area contributed by atoms with E-state index < -0.39 is 53.4 Å². The highest BCUT2D eigenvalue weighted by Crippen LogP contribution is 2.18. The Morgan fingerprint density at radius 3 is 1.52 bits per heavy atom. The van der Waals surface area contributed by atoms with Gasteiger partial charge in [0.15, 0.2) is 0 Å². The van der Waals surface area contributed by atoms with Crippen molar-refractivity contribution >= 4 is 69.9 Å². The third-order valence-corrected chi connectivity index (χ3v) is 8.46. The molecule has 0 aliphatic rings. The molecule has 0 aromatic heterocycles. The van der Waals surface area contributed by atoms with Crippen LogP contribution in [0.2, 0.25) is 0 Å². The van der Waals surface area contributed by atoms with Gasteiger partial charge in [-0.15, -0.1) is 0 Å². The van der Waals surface area contributed by atoms with Crippen molar-refractivity contribution in [2.24, 2.45) is 5.73 Å². The molecule has 6 amide bonds. The second kappa shape index (κ2) is 28.6. The molecule has 2 aromatic carbocycles. The van der Waals surface area contributed by atoms with Gasteiger partial charge in [0.2, 0.25) is 11.8 Å². The number of nitrogens with two attached hydrogens (primary N) is 1. The Kier molecular flexibility index (Phi) is 24.4. The van der Waals surface area contributed by atoms with Crippen molar-refractivity contribution in [3.05, 3.63) is 62.7 Å². The van der Waals surface area contributed by atoms with E-state index in [2.05, 4.69) is 54.5 Å². The molecule has 0 unspecified atom stereocenters. The number of hydrogen-bond acceptors (Lipinski definition) is 13. The van der Waals surface area contributed by atoms with Gasteiger partial charge in [0.05, 0.1) is 59.3 Å². The number of carboxylic acid groups (broad SMARTS) is 1. The first-order valence-electron chi connectivity index (χ1n) is 19.5. The van der Waals surface area contributed by atoms with Crippen LogP contribution in [-0.2, 0) is 38.1 Å². The molecule has 0 saturated heterocycles. The summed E-state index contributed by atoms with van der Waals surface area (Å²) in [5, 5.41) is 24.8. The number of nitrogens with one attached hydrogen (secondary N) is 6. The van der Waals surface area contributed by atoms with E-state index in [1.54, 1.807) is 52.0 Å². The van der Waals surface area contributed by atoms with Gasteiger partial charge in [0.1, 0.15) is 11.6 Å². The third-order valence-electron chi connectivity index (χ3n) is 7.74. The minimum absolute atomic E-state index is 0.0774. The Hall–Kier alpha value is -4.94. The van der Waals surface area contributed by atoms with Gasteiger partial charge in [0.25, 0.3) is 17.7 Å². The van der Waals surface area contributed by atoms with E-state index in [-0.39, 0.29) is 115 Å². The third kappa shape index (κ3) is 24.2. The summed E-state index contributed by atoms with van der Waals surface area (Å²) in [6.07, 6.45) is -0.856. The molecule has 61 heavy (non-hydrogen) atoms. The van der Waals surface area contributed by atoms with Crippen LogP contribution in [0.1, 0.15) is 71.6 Å². The molecule has 2 atom stereocenters. The van der Waals surface area contributed by atoms with Crippen LogP contribution in [-0.4, -0.2) is 143 Å². The number of alkyl carbamates (subject to hydrolysis) is 1. The fourth-order valence-electron chi connectivity index (χ4n) is 4.88. The van der Waals surface area contributed by atoms with Gasteiger partial charge >= 0.3 is 12.1 Å². The fourth-order valence-corrected chi connectivity index (χ4v) is 5.24. The van der Waals surface area contributed by atoms with Crippen LogP contribution in [0, 0.1) is 3.57 Å². The first-order chi connectivity index (χ1) is 28.9. The number of aliphatic carboxylic acids is 1. The van der Waals surface area contributed by atoms with E-state index >= 15 is 0 Å². The molecule has 2 rings (SSSR count). The van der Waals surface area contributed by atoms with Crippen LogP contribution >= 0.6 is 22.6 Å². The second-order valence-corrected chi connectivity index (χ2v) is 15.6. The molecule has 9 N–H and O–H groups in total. The lowest BCUT2D eigenvalue weighted by atomic mass is 10.1. The van der Waals surface area contributed by atoms with Crippen molar-refractivity contribution in [3.8, 4) is 0 Å². The summed E-state index contributed by atoms with van der Waals surface area (Å²) in [4.78, 5) is 85.6. The van der Waals surface area contributed by atoms with Crippen molar-refractivity contribution in [1.82, 2.24) is 26.6 Å². The van der Waals surface area contributed by atoms with Gasteiger partial charge in [-0.2, -0.15) is 0 Å². The Labute approximate surface area is 368 Å². The van der Waals surface area contributed by atoms with E-state index in [1.165, 1.54) is 18.2 Å². The highest BCUT2D eigenvalue weighted by atomic mass is 127. The maximum atomic E-state index is 13.2. The van der Waals surface area contributed by atoms with Crippen LogP contribution < -0.4 is 37.6 Å². The minimum Gasteiger partial charge on any atom is -0.480 e. The monoisotopic (exact) mass is 971 g/mol. The molecule has 0 fully saturated rings. The van der Waals surface area contributed by atoms with Crippen LogP contribution in [0.15, 0.2) is 42.5 Å². The van der Waals surface area contributed by atoms with Gasteiger partial charge in [-0.1, -0.05) is 0 Å². The van der Waals surface area contributed by atoms with Gasteiger partial charge < -0.3 is 66.4 Å². The normalized spacial score (nSPS) is 12.0. The van der Waals surface area contributed by atoms with Crippen LogP contribution in [0.4, 0.5) is 10.5 Å². The van der Waals surface area contributed by atoms with Crippen molar-refractivity contribution in [1.29, 1.82) is 0 Å². The lowest BCUT2D eigenvalue weighted by molar-refractivity contribution is -0.140. The highest BCUT2D eigenvalue weighted by molar-refractivity contribution is 14.1. The van der Waals surface area contributed by atoms with E-state index in [0.29, 0.717) is 5.56 Å². The van der Waals surface area contributed by atoms with E-state index in [1.807, 2.05) is 0 Å². The number of ether oxygens (including phenoxy) is 5. The average molecular weight is 972 g/mol. The van der Waals surface area contributed by atoms with E-state index in [4.69, 9.17) is 34.5 Å².